The Morgan fingerprint density at radius 2 is 1.67 bits per heavy atom. The molecular weight excluding hydrogens is 448 g/mol. The first-order chi connectivity index (χ1) is 15.9. The van der Waals surface area contributed by atoms with E-state index in [2.05, 4.69) is 20.1 Å². The van der Waals surface area contributed by atoms with E-state index < -0.39 is 23.8 Å². The van der Waals surface area contributed by atoms with Crippen molar-refractivity contribution in [1.82, 2.24) is 25.2 Å². The molecule has 0 bridgehead atoms. The summed E-state index contributed by atoms with van der Waals surface area (Å²) in [6, 6.07) is 8.01. The molecule has 0 radical (unpaired) electrons. The van der Waals surface area contributed by atoms with Gasteiger partial charge in [0, 0.05) is 50.4 Å². The second-order valence-electron chi connectivity index (χ2n) is 8.12. The molecule has 0 aliphatic carbocycles. The number of anilines is 1. The molecule has 5 rings (SSSR count). The van der Waals surface area contributed by atoms with Crippen LogP contribution in [-0.4, -0.2) is 76.4 Å². The number of nitrogens with one attached hydrogen (secondary N) is 1. The van der Waals surface area contributed by atoms with Crippen molar-refractivity contribution < 1.29 is 19.2 Å². The van der Waals surface area contributed by atoms with Gasteiger partial charge >= 0.3 is 6.03 Å². The summed E-state index contributed by atoms with van der Waals surface area (Å²) in [4.78, 5) is 58.1. The number of rotatable bonds is 4. The summed E-state index contributed by atoms with van der Waals surface area (Å²) < 4.78 is 0. The molecule has 4 heterocycles. The second-order valence-corrected chi connectivity index (χ2v) is 8.56. The largest absolute Gasteiger partial charge is 0.354 e. The molecule has 0 unspecified atom stereocenters. The van der Waals surface area contributed by atoms with E-state index in [1.807, 2.05) is 12.1 Å². The van der Waals surface area contributed by atoms with Gasteiger partial charge in [-0.05, 0) is 29.8 Å². The van der Waals surface area contributed by atoms with Crippen LogP contribution in [0.1, 0.15) is 32.7 Å². The molecule has 1 N–H and O–H groups in total. The number of fused-ring (bicyclic) bond motifs is 1. The zero-order chi connectivity index (χ0) is 23.1. The Bertz CT molecular complexity index is 1160. The van der Waals surface area contributed by atoms with Crippen LogP contribution >= 0.6 is 11.6 Å². The minimum atomic E-state index is -0.770. The average Bonchev–Trinajstić information content (AvgIpc) is 3.04. The molecule has 1 aromatic carbocycles. The van der Waals surface area contributed by atoms with Crippen LogP contribution in [0.15, 0.2) is 36.5 Å². The maximum absolute atomic E-state index is 13.0. The number of hydrazine groups is 1. The molecule has 3 aliphatic rings. The van der Waals surface area contributed by atoms with Crippen LogP contribution in [0.4, 0.5) is 10.6 Å². The highest BCUT2D eigenvalue weighted by atomic mass is 35.5. The van der Waals surface area contributed by atoms with Crippen molar-refractivity contribution in [3.63, 3.8) is 0 Å². The molecule has 5 amide bonds. The van der Waals surface area contributed by atoms with Gasteiger partial charge in [-0.15, -0.1) is 0 Å². The molecule has 1 aromatic heterocycles. The van der Waals surface area contributed by atoms with E-state index in [1.165, 1.54) is 0 Å². The van der Waals surface area contributed by atoms with Gasteiger partial charge in [-0.2, -0.15) is 5.01 Å². The Balaban J connectivity index is 1.26. The molecule has 2 saturated heterocycles. The van der Waals surface area contributed by atoms with E-state index >= 15 is 0 Å². The molecular formula is C22H21ClN6O4. The normalized spacial score (nSPS) is 19.2. The Morgan fingerprint density at radius 1 is 0.909 bits per heavy atom. The van der Waals surface area contributed by atoms with Crippen molar-refractivity contribution in [1.29, 1.82) is 0 Å². The van der Waals surface area contributed by atoms with E-state index in [9.17, 15) is 19.2 Å². The van der Waals surface area contributed by atoms with Gasteiger partial charge in [0.2, 0.25) is 5.91 Å². The van der Waals surface area contributed by atoms with Crippen LogP contribution in [0.2, 0.25) is 5.02 Å². The number of benzene rings is 1. The third kappa shape index (κ3) is 4.03. The van der Waals surface area contributed by atoms with Crippen LogP contribution in [0.5, 0.6) is 0 Å². The number of carbonyl (C=O) groups excluding carboxylic acids is 4. The lowest BCUT2D eigenvalue weighted by atomic mass is 10.1. The number of piperazine rings is 1. The fraction of sp³-hybridized carbons (Fsp3) is 0.318. The maximum Gasteiger partial charge on any atom is 0.343 e. The minimum absolute atomic E-state index is 0.0191. The number of urea groups is 1. The molecule has 0 spiro atoms. The molecule has 11 heteroatoms. The number of pyridine rings is 1. The fourth-order valence-electron chi connectivity index (χ4n) is 4.30. The Morgan fingerprint density at radius 3 is 2.39 bits per heavy atom. The monoisotopic (exact) mass is 468 g/mol. The lowest BCUT2D eigenvalue weighted by Gasteiger charge is -2.35. The van der Waals surface area contributed by atoms with Gasteiger partial charge in [-0.1, -0.05) is 17.7 Å². The van der Waals surface area contributed by atoms with Gasteiger partial charge in [0.1, 0.15) is 5.82 Å². The number of hydrogen-bond acceptors (Lipinski definition) is 7. The number of aromatic nitrogens is 1. The van der Waals surface area contributed by atoms with Crippen LogP contribution in [-0.2, 0) is 11.3 Å². The molecule has 2 aromatic rings. The SMILES string of the molecule is O=C1CCN(N2C(=O)c3ccc(CN4CCN(c5cc(Cl)ccn5)CC4)cc3C2=O)C(=O)N1. The molecule has 0 atom stereocenters. The summed E-state index contributed by atoms with van der Waals surface area (Å²) in [5, 5.41) is 4.61. The predicted octanol–water partition coefficient (Wildman–Crippen LogP) is 1.51. The summed E-state index contributed by atoms with van der Waals surface area (Å²) >= 11 is 6.07. The maximum atomic E-state index is 13.0. The van der Waals surface area contributed by atoms with E-state index in [0.29, 0.717) is 11.6 Å². The summed E-state index contributed by atoms with van der Waals surface area (Å²) in [6.45, 7) is 3.83. The predicted molar refractivity (Wildman–Crippen MR) is 119 cm³/mol. The lowest BCUT2D eigenvalue weighted by Crippen LogP contribution is -2.58. The molecule has 170 valence electrons. The first-order valence-corrected chi connectivity index (χ1v) is 11.0. The molecule has 0 saturated carbocycles. The Labute approximate surface area is 194 Å². The third-order valence-electron chi connectivity index (χ3n) is 6.01. The highest BCUT2D eigenvalue weighted by molar-refractivity contribution is 6.30. The average molecular weight is 469 g/mol. The van der Waals surface area contributed by atoms with Gasteiger partial charge in [0.25, 0.3) is 11.8 Å². The topological polar surface area (TPSA) is 106 Å². The van der Waals surface area contributed by atoms with Crippen molar-refractivity contribution in [2.45, 2.75) is 13.0 Å². The summed E-state index contributed by atoms with van der Waals surface area (Å²) in [5.41, 5.74) is 1.43. The number of imide groups is 2. The highest BCUT2D eigenvalue weighted by Gasteiger charge is 2.43. The summed E-state index contributed by atoms with van der Waals surface area (Å²) in [7, 11) is 0. The van der Waals surface area contributed by atoms with E-state index in [1.54, 1.807) is 24.4 Å². The van der Waals surface area contributed by atoms with Gasteiger partial charge in [-0.3, -0.25) is 24.6 Å². The number of amides is 5. The van der Waals surface area contributed by atoms with Crippen molar-refractivity contribution in [3.8, 4) is 0 Å². The van der Waals surface area contributed by atoms with E-state index in [-0.39, 0.29) is 24.1 Å². The molecule has 3 aliphatic heterocycles. The second kappa shape index (κ2) is 8.45. The van der Waals surface area contributed by atoms with Crippen LogP contribution in [0.25, 0.3) is 0 Å². The number of halogens is 1. The lowest BCUT2D eigenvalue weighted by molar-refractivity contribution is -0.122. The first-order valence-electron chi connectivity index (χ1n) is 10.6. The van der Waals surface area contributed by atoms with Gasteiger partial charge in [-0.25, -0.2) is 14.8 Å². The van der Waals surface area contributed by atoms with E-state index in [0.717, 1.165) is 47.6 Å². The molecule has 10 nitrogen and oxygen atoms in total. The van der Waals surface area contributed by atoms with Crippen molar-refractivity contribution in [3.05, 3.63) is 58.2 Å². The summed E-state index contributed by atoms with van der Waals surface area (Å²) in [5.74, 6) is -0.694. The van der Waals surface area contributed by atoms with Crippen LogP contribution < -0.4 is 10.2 Å². The number of hydrogen-bond donors (Lipinski definition) is 1. The third-order valence-corrected chi connectivity index (χ3v) is 6.25. The van der Waals surface area contributed by atoms with E-state index in [4.69, 9.17) is 11.6 Å². The van der Waals surface area contributed by atoms with Crippen molar-refractivity contribution >= 4 is 41.2 Å². The first kappa shape index (κ1) is 21.4. The zero-order valence-corrected chi connectivity index (χ0v) is 18.4. The van der Waals surface area contributed by atoms with Crippen LogP contribution in [0, 0.1) is 0 Å². The zero-order valence-electron chi connectivity index (χ0n) is 17.7. The smallest absolute Gasteiger partial charge is 0.343 e. The van der Waals surface area contributed by atoms with Crippen molar-refractivity contribution in [2.24, 2.45) is 0 Å². The highest BCUT2D eigenvalue weighted by Crippen LogP contribution is 2.27. The van der Waals surface area contributed by atoms with Gasteiger partial charge < -0.3 is 4.90 Å². The van der Waals surface area contributed by atoms with Gasteiger partial charge in [0.05, 0.1) is 17.7 Å². The number of carbonyl (C=O) groups is 4. The summed E-state index contributed by atoms with van der Waals surface area (Å²) in [6.07, 6.45) is 1.72. The molecule has 2 fully saturated rings. The quantitative estimate of drug-likeness (QED) is 0.678. The van der Waals surface area contributed by atoms with Crippen molar-refractivity contribution in [2.75, 3.05) is 37.6 Å². The van der Waals surface area contributed by atoms with Gasteiger partial charge in [0.15, 0.2) is 0 Å². The molecule has 33 heavy (non-hydrogen) atoms. The van der Waals surface area contributed by atoms with Crippen LogP contribution in [0.3, 0.4) is 0 Å². The fourth-order valence-corrected chi connectivity index (χ4v) is 4.45. The standard InChI is InChI=1S/C22H21ClN6O4/c23-15-3-5-24-18(12-15)27-9-7-26(8-10-27)13-14-1-2-16-17(11-14)21(32)29(20(16)31)28-6-4-19(30)25-22(28)33/h1-3,5,11-12H,4,6-10,13H2,(H,25,30,33). The number of nitrogens with zero attached hydrogens (tertiary/aromatic N) is 5. The Hall–Kier alpha value is -3.50. The Kier molecular flexibility index (Phi) is 5.47. The minimum Gasteiger partial charge on any atom is -0.354 e.